The van der Waals surface area contributed by atoms with E-state index in [0.717, 1.165) is 79.0 Å². The zero-order valence-corrected chi connectivity index (χ0v) is 22.5. The van der Waals surface area contributed by atoms with Crippen molar-refractivity contribution in [3.8, 4) is 5.75 Å². The Morgan fingerprint density at radius 2 is 1.97 bits per heavy atom. The first kappa shape index (κ1) is 25.7. The van der Waals surface area contributed by atoms with Gasteiger partial charge in [-0.15, -0.1) is 11.3 Å². The van der Waals surface area contributed by atoms with Crippen LogP contribution in [0.2, 0.25) is 0 Å². The first-order chi connectivity index (χ1) is 16.6. The maximum atomic E-state index is 12.6. The lowest BCUT2D eigenvalue weighted by molar-refractivity contribution is 0.0165. The summed E-state index contributed by atoms with van der Waals surface area (Å²) < 4.78 is 12.0. The van der Waals surface area contributed by atoms with Crippen LogP contribution in [0.3, 0.4) is 0 Å². The third-order valence-electron chi connectivity index (χ3n) is 6.35. The molecule has 0 aliphatic carbocycles. The quantitative estimate of drug-likeness (QED) is 0.579. The van der Waals surface area contributed by atoms with E-state index in [0.29, 0.717) is 12.5 Å². The average molecular weight is 502 g/mol. The number of hydrogen-bond donors (Lipinski definition) is 1. The smallest absolute Gasteiger partial charge is 0.410 e. The van der Waals surface area contributed by atoms with Crippen molar-refractivity contribution in [3.63, 3.8) is 0 Å². The summed E-state index contributed by atoms with van der Waals surface area (Å²) in [6.07, 6.45) is 6.72. The maximum Gasteiger partial charge on any atom is 0.410 e. The van der Waals surface area contributed by atoms with Crippen LogP contribution in [0.5, 0.6) is 5.75 Å². The summed E-state index contributed by atoms with van der Waals surface area (Å²) >= 11 is 1.61. The van der Waals surface area contributed by atoms with Crippen molar-refractivity contribution >= 4 is 28.4 Å². The molecule has 0 unspecified atom stereocenters. The fourth-order valence-corrected chi connectivity index (χ4v) is 5.30. The van der Waals surface area contributed by atoms with Crippen LogP contribution >= 0.6 is 11.3 Å². The molecule has 2 aliphatic rings. The molecule has 192 valence electrons. The predicted molar refractivity (Wildman–Crippen MR) is 140 cm³/mol. The van der Waals surface area contributed by atoms with Gasteiger partial charge in [0, 0.05) is 55.1 Å². The first-order valence-electron chi connectivity index (χ1n) is 12.7. The fraction of sp³-hybridized carbons (Fsp3) is 0.654. The molecular formula is C26H39N5O3S. The Kier molecular flexibility index (Phi) is 8.16. The molecule has 2 saturated heterocycles. The number of likely N-dealkylation sites (tertiary alicyclic amines) is 2. The molecule has 1 amide bonds. The van der Waals surface area contributed by atoms with Gasteiger partial charge in [-0.1, -0.05) is 0 Å². The first-order valence-corrected chi connectivity index (χ1v) is 13.5. The second-order valence-electron chi connectivity index (χ2n) is 10.8. The summed E-state index contributed by atoms with van der Waals surface area (Å²) in [4.78, 5) is 27.3. The number of amides is 1. The Labute approximate surface area is 213 Å². The number of nitrogens with one attached hydrogen (secondary N) is 1. The monoisotopic (exact) mass is 501 g/mol. The van der Waals surface area contributed by atoms with Crippen LogP contribution in [0.15, 0.2) is 18.3 Å². The standard InChI is InChI=1S/C26H39N5O3S/c1-18-16-27-24(35-18)29-23-15-22(33-21-8-11-30(5)12-9-21)14-20(28-23)13-19-7-6-10-31(17-19)25(32)34-26(2,3)4/h14-16,19,21H,6-13,17H2,1-5H3,(H,27,28,29)/t19-/m1/s1. The molecule has 1 atom stereocenters. The molecular weight excluding hydrogens is 462 g/mol. The third kappa shape index (κ3) is 7.80. The number of piperidine rings is 2. The maximum absolute atomic E-state index is 12.6. The minimum Gasteiger partial charge on any atom is -0.490 e. The van der Waals surface area contributed by atoms with Crippen molar-refractivity contribution in [2.75, 3.05) is 38.5 Å². The van der Waals surface area contributed by atoms with Crippen molar-refractivity contribution in [1.82, 2.24) is 19.8 Å². The molecule has 1 N–H and O–H groups in total. The number of carbonyl (C=O) groups is 1. The Morgan fingerprint density at radius 3 is 2.66 bits per heavy atom. The lowest BCUT2D eigenvalue weighted by Gasteiger charge is -2.34. The molecule has 0 saturated carbocycles. The lowest BCUT2D eigenvalue weighted by Crippen LogP contribution is -2.43. The van der Waals surface area contributed by atoms with Gasteiger partial charge in [0.15, 0.2) is 5.13 Å². The second kappa shape index (κ2) is 11.1. The molecule has 2 aromatic rings. The normalized spacial score (nSPS) is 20.0. The zero-order valence-electron chi connectivity index (χ0n) is 21.7. The summed E-state index contributed by atoms with van der Waals surface area (Å²) in [5.41, 5.74) is 0.488. The number of aryl methyl sites for hydroxylation is 1. The van der Waals surface area contributed by atoms with Gasteiger partial charge in [0.2, 0.25) is 0 Å². The van der Waals surface area contributed by atoms with E-state index in [-0.39, 0.29) is 12.2 Å². The average Bonchev–Trinajstić information content (AvgIpc) is 3.18. The molecule has 2 aromatic heterocycles. The highest BCUT2D eigenvalue weighted by Gasteiger charge is 2.28. The van der Waals surface area contributed by atoms with Gasteiger partial charge in [-0.05, 0) is 72.8 Å². The molecule has 8 nitrogen and oxygen atoms in total. The number of carbonyl (C=O) groups excluding carboxylic acids is 1. The van der Waals surface area contributed by atoms with Gasteiger partial charge < -0.3 is 24.6 Å². The zero-order chi connectivity index (χ0) is 25.0. The summed E-state index contributed by atoms with van der Waals surface area (Å²) in [6, 6.07) is 4.05. The van der Waals surface area contributed by atoms with Crippen molar-refractivity contribution in [1.29, 1.82) is 0 Å². The molecule has 2 fully saturated rings. The molecule has 0 radical (unpaired) electrons. The lowest BCUT2D eigenvalue weighted by atomic mass is 9.93. The van der Waals surface area contributed by atoms with E-state index in [1.54, 1.807) is 11.3 Å². The number of aromatic nitrogens is 2. The summed E-state index contributed by atoms with van der Waals surface area (Å²) in [5.74, 6) is 1.93. The highest BCUT2D eigenvalue weighted by Crippen LogP contribution is 2.29. The summed E-state index contributed by atoms with van der Waals surface area (Å²) in [6.45, 7) is 11.3. The number of ether oxygens (including phenoxy) is 2. The van der Waals surface area contributed by atoms with E-state index in [1.807, 2.05) is 44.9 Å². The minimum absolute atomic E-state index is 0.216. The third-order valence-corrected chi connectivity index (χ3v) is 7.17. The van der Waals surface area contributed by atoms with Crippen LogP contribution in [0.25, 0.3) is 0 Å². The molecule has 0 bridgehead atoms. The van der Waals surface area contributed by atoms with Crippen LogP contribution < -0.4 is 10.1 Å². The van der Waals surface area contributed by atoms with Crippen LogP contribution in [-0.4, -0.2) is 70.8 Å². The number of pyridine rings is 1. The Bertz CT molecular complexity index is 997. The van der Waals surface area contributed by atoms with Gasteiger partial charge in [0.1, 0.15) is 23.3 Å². The number of nitrogens with zero attached hydrogens (tertiary/aromatic N) is 4. The van der Waals surface area contributed by atoms with Crippen molar-refractivity contribution in [2.45, 2.75) is 71.5 Å². The van der Waals surface area contributed by atoms with Gasteiger partial charge >= 0.3 is 6.09 Å². The Morgan fingerprint density at radius 1 is 1.20 bits per heavy atom. The fourth-order valence-electron chi connectivity index (χ4n) is 4.63. The van der Waals surface area contributed by atoms with E-state index >= 15 is 0 Å². The van der Waals surface area contributed by atoms with Gasteiger partial charge in [-0.2, -0.15) is 0 Å². The summed E-state index contributed by atoms with van der Waals surface area (Å²) in [7, 11) is 2.16. The second-order valence-corrected chi connectivity index (χ2v) is 12.1. The highest BCUT2D eigenvalue weighted by atomic mass is 32.1. The van der Waals surface area contributed by atoms with Crippen LogP contribution in [0.4, 0.5) is 15.7 Å². The predicted octanol–water partition coefficient (Wildman–Crippen LogP) is 5.25. The van der Waals surface area contributed by atoms with Gasteiger partial charge in [-0.25, -0.2) is 14.8 Å². The van der Waals surface area contributed by atoms with Gasteiger partial charge in [0.05, 0.1) is 0 Å². The van der Waals surface area contributed by atoms with Crippen molar-refractivity contribution < 1.29 is 14.3 Å². The van der Waals surface area contributed by atoms with Crippen LogP contribution in [0.1, 0.15) is 57.0 Å². The van der Waals surface area contributed by atoms with Gasteiger partial charge in [0.25, 0.3) is 0 Å². The number of thiazole rings is 1. The van der Waals surface area contributed by atoms with Crippen LogP contribution in [-0.2, 0) is 11.2 Å². The number of anilines is 2. The van der Waals surface area contributed by atoms with E-state index in [1.165, 1.54) is 0 Å². The molecule has 4 heterocycles. The number of hydrogen-bond acceptors (Lipinski definition) is 8. The van der Waals surface area contributed by atoms with E-state index in [4.69, 9.17) is 14.5 Å². The molecule has 2 aliphatic heterocycles. The minimum atomic E-state index is -0.486. The summed E-state index contributed by atoms with van der Waals surface area (Å²) in [5, 5.41) is 4.19. The SMILES string of the molecule is Cc1cnc(Nc2cc(OC3CCN(C)CC3)cc(C[C@H]3CCCN(C(=O)OC(C)(C)C)C3)n2)s1. The molecule has 0 aromatic carbocycles. The van der Waals surface area contributed by atoms with Crippen LogP contribution in [0, 0.1) is 12.8 Å². The Balaban J connectivity index is 1.47. The largest absolute Gasteiger partial charge is 0.490 e. The van der Waals surface area contributed by atoms with E-state index in [2.05, 4.69) is 28.3 Å². The molecule has 35 heavy (non-hydrogen) atoms. The Hall–Kier alpha value is -2.39. The number of rotatable bonds is 6. The molecule has 4 rings (SSSR count). The molecule has 9 heteroatoms. The molecule has 0 spiro atoms. The van der Waals surface area contributed by atoms with E-state index in [9.17, 15) is 4.79 Å². The highest BCUT2D eigenvalue weighted by molar-refractivity contribution is 7.15. The van der Waals surface area contributed by atoms with Crippen molar-refractivity contribution in [2.24, 2.45) is 5.92 Å². The van der Waals surface area contributed by atoms with Crippen molar-refractivity contribution in [3.05, 3.63) is 28.9 Å². The van der Waals surface area contributed by atoms with Gasteiger partial charge in [-0.3, -0.25) is 0 Å². The topological polar surface area (TPSA) is 79.8 Å². The van der Waals surface area contributed by atoms with E-state index < -0.39 is 5.60 Å².